The molecule has 3 rings (SSSR count). The van der Waals surface area contributed by atoms with Gasteiger partial charge >= 0.3 is 6.03 Å². The monoisotopic (exact) mass is 252 g/mol. The molecule has 3 aliphatic carbocycles. The first kappa shape index (κ1) is 12.3. The van der Waals surface area contributed by atoms with Crippen molar-refractivity contribution in [3.8, 4) is 0 Å². The SMILES string of the molecule is CC(C)(O)CN(C(=O)NC1CC2CC2C1)C1CC1. The Labute approximate surface area is 109 Å². The van der Waals surface area contributed by atoms with Crippen molar-refractivity contribution in [1.29, 1.82) is 0 Å². The molecular weight excluding hydrogens is 228 g/mol. The molecule has 2 N–H and O–H groups in total. The lowest BCUT2D eigenvalue weighted by Crippen LogP contribution is -2.50. The second kappa shape index (κ2) is 4.12. The molecule has 2 unspecified atom stereocenters. The summed E-state index contributed by atoms with van der Waals surface area (Å²) in [4.78, 5) is 14.1. The fourth-order valence-electron chi connectivity index (χ4n) is 3.26. The van der Waals surface area contributed by atoms with Gasteiger partial charge in [0.1, 0.15) is 0 Å². The van der Waals surface area contributed by atoms with Crippen LogP contribution in [0.1, 0.15) is 46.0 Å². The number of amides is 2. The molecule has 0 aromatic heterocycles. The molecule has 0 aliphatic heterocycles. The van der Waals surface area contributed by atoms with Gasteiger partial charge in [-0.15, -0.1) is 0 Å². The summed E-state index contributed by atoms with van der Waals surface area (Å²) < 4.78 is 0. The van der Waals surface area contributed by atoms with Gasteiger partial charge in [-0.05, 0) is 57.8 Å². The normalized spacial score (nSPS) is 34.1. The van der Waals surface area contributed by atoms with Crippen LogP contribution >= 0.6 is 0 Å². The van der Waals surface area contributed by atoms with Crippen LogP contribution in [0.5, 0.6) is 0 Å². The Kier molecular flexibility index (Phi) is 2.81. The van der Waals surface area contributed by atoms with Gasteiger partial charge in [-0.1, -0.05) is 0 Å². The smallest absolute Gasteiger partial charge is 0.317 e. The maximum Gasteiger partial charge on any atom is 0.317 e. The van der Waals surface area contributed by atoms with Crippen LogP contribution in [0.3, 0.4) is 0 Å². The summed E-state index contributed by atoms with van der Waals surface area (Å²) >= 11 is 0. The predicted octanol–water partition coefficient (Wildman–Crippen LogP) is 1.73. The zero-order valence-electron chi connectivity index (χ0n) is 11.4. The molecule has 2 atom stereocenters. The van der Waals surface area contributed by atoms with Crippen LogP contribution in [0.25, 0.3) is 0 Å². The van der Waals surface area contributed by atoms with E-state index in [0.29, 0.717) is 18.6 Å². The van der Waals surface area contributed by atoms with Crippen LogP contribution in [0.15, 0.2) is 0 Å². The van der Waals surface area contributed by atoms with Gasteiger partial charge in [0.05, 0.1) is 12.1 Å². The Morgan fingerprint density at radius 1 is 1.28 bits per heavy atom. The van der Waals surface area contributed by atoms with Crippen molar-refractivity contribution in [3.05, 3.63) is 0 Å². The van der Waals surface area contributed by atoms with Crippen molar-refractivity contribution in [2.45, 2.75) is 63.6 Å². The first-order valence-corrected chi connectivity index (χ1v) is 7.22. The Balaban J connectivity index is 1.54. The van der Waals surface area contributed by atoms with E-state index in [1.54, 1.807) is 13.8 Å². The second-order valence-corrected chi connectivity index (χ2v) is 7.05. The van der Waals surface area contributed by atoms with Crippen LogP contribution < -0.4 is 5.32 Å². The van der Waals surface area contributed by atoms with Gasteiger partial charge < -0.3 is 15.3 Å². The van der Waals surface area contributed by atoms with Gasteiger partial charge in [-0.3, -0.25) is 0 Å². The summed E-state index contributed by atoms with van der Waals surface area (Å²) in [5, 5.41) is 13.1. The zero-order chi connectivity index (χ0) is 12.9. The van der Waals surface area contributed by atoms with E-state index >= 15 is 0 Å². The third-order valence-corrected chi connectivity index (χ3v) is 4.38. The molecule has 18 heavy (non-hydrogen) atoms. The van der Waals surface area contributed by atoms with E-state index in [2.05, 4.69) is 5.32 Å². The van der Waals surface area contributed by atoms with Crippen molar-refractivity contribution in [1.82, 2.24) is 10.2 Å². The first-order chi connectivity index (χ1) is 8.42. The minimum Gasteiger partial charge on any atom is -0.389 e. The minimum absolute atomic E-state index is 0.0333. The van der Waals surface area contributed by atoms with Crippen molar-refractivity contribution in [3.63, 3.8) is 0 Å². The molecule has 4 nitrogen and oxygen atoms in total. The molecule has 0 spiro atoms. The number of rotatable bonds is 4. The molecule has 0 radical (unpaired) electrons. The second-order valence-electron chi connectivity index (χ2n) is 7.05. The number of carbonyl (C=O) groups is 1. The molecule has 4 heteroatoms. The molecule has 3 aliphatic rings. The lowest BCUT2D eigenvalue weighted by molar-refractivity contribution is 0.0440. The van der Waals surface area contributed by atoms with Crippen LogP contribution in [0.4, 0.5) is 4.79 Å². The molecule has 102 valence electrons. The summed E-state index contributed by atoms with van der Waals surface area (Å²) in [5.41, 5.74) is -0.808. The molecule has 2 amide bonds. The summed E-state index contributed by atoms with van der Waals surface area (Å²) in [6.45, 7) is 3.96. The molecule has 3 saturated carbocycles. The highest BCUT2D eigenvalue weighted by atomic mass is 16.3. The Hall–Kier alpha value is -0.770. The van der Waals surface area contributed by atoms with Gasteiger partial charge in [0.2, 0.25) is 0 Å². The standard InChI is InChI=1S/C14H24N2O2/c1-14(2,18)8-16(12-3-4-12)13(17)15-11-6-9-5-10(9)7-11/h9-12,18H,3-8H2,1-2H3,(H,15,17). The summed E-state index contributed by atoms with van der Waals surface area (Å²) in [5.74, 6) is 1.78. The topological polar surface area (TPSA) is 52.6 Å². The van der Waals surface area contributed by atoms with Crippen molar-refractivity contribution in [2.75, 3.05) is 6.54 Å². The van der Waals surface area contributed by atoms with Gasteiger partial charge in [-0.25, -0.2) is 4.79 Å². The molecule has 0 aromatic carbocycles. The highest BCUT2D eigenvalue weighted by Gasteiger charge is 2.47. The predicted molar refractivity (Wildman–Crippen MR) is 69.2 cm³/mol. The first-order valence-electron chi connectivity index (χ1n) is 7.22. The fraction of sp³-hybridized carbons (Fsp3) is 0.929. The van der Waals surface area contributed by atoms with E-state index in [1.165, 1.54) is 6.42 Å². The van der Waals surface area contributed by atoms with Crippen molar-refractivity contribution >= 4 is 6.03 Å². The highest BCUT2D eigenvalue weighted by molar-refractivity contribution is 5.75. The van der Waals surface area contributed by atoms with E-state index in [4.69, 9.17) is 0 Å². The quantitative estimate of drug-likeness (QED) is 0.800. The van der Waals surface area contributed by atoms with Crippen LogP contribution in [0.2, 0.25) is 0 Å². The van der Waals surface area contributed by atoms with Gasteiger partial charge in [0, 0.05) is 12.1 Å². The minimum atomic E-state index is -0.808. The Bertz CT molecular complexity index is 336. The van der Waals surface area contributed by atoms with Crippen molar-refractivity contribution in [2.24, 2.45) is 11.8 Å². The van der Waals surface area contributed by atoms with Gasteiger partial charge in [0.25, 0.3) is 0 Å². The van der Waals surface area contributed by atoms with E-state index < -0.39 is 5.60 Å². The maximum absolute atomic E-state index is 12.3. The summed E-state index contributed by atoms with van der Waals surface area (Å²) in [6, 6.07) is 0.766. The largest absolute Gasteiger partial charge is 0.389 e. The summed E-state index contributed by atoms with van der Waals surface area (Å²) in [6.07, 6.45) is 5.87. The molecule has 0 saturated heterocycles. The van der Waals surface area contributed by atoms with Crippen molar-refractivity contribution < 1.29 is 9.90 Å². The summed E-state index contributed by atoms with van der Waals surface area (Å²) in [7, 11) is 0. The van der Waals surface area contributed by atoms with E-state index in [9.17, 15) is 9.90 Å². The number of carbonyl (C=O) groups excluding carboxylic acids is 1. The number of urea groups is 1. The maximum atomic E-state index is 12.3. The Morgan fingerprint density at radius 2 is 1.89 bits per heavy atom. The number of nitrogens with one attached hydrogen (secondary N) is 1. The third-order valence-electron chi connectivity index (χ3n) is 4.38. The molecular formula is C14H24N2O2. The number of aliphatic hydroxyl groups is 1. The number of nitrogens with zero attached hydrogens (tertiary/aromatic N) is 1. The van der Waals surface area contributed by atoms with Crippen LogP contribution in [0, 0.1) is 11.8 Å². The van der Waals surface area contributed by atoms with E-state index in [0.717, 1.165) is 37.5 Å². The molecule has 0 heterocycles. The average Bonchev–Trinajstić information content (AvgIpc) is 3.14. The number of hydrogen-bond acceptors (Lipinski definition) is 2. The van der Waals surface area contributed by atoms with Gasteiger partial charge in [0.15, 0.2) is 0 Å². The number of fused-ring (bicyclic) bond motifs is 1. The third kappa shape index (κ3) is 2.79. The highest BCUT2D eigenvalue weighted by Crippen LogP contribution is 2.51. The fourth-order valence-corrected chi connectivity index (χ4v) is 3.26. The van der Waals surface area contributed by atoms with Gasteiger partial charge in [-0.2, -0.15) is 0 Å². The molecule has 3 fully saturated rings. The van der Waals surface area contributed by atoms with Crippen LogP contribution in [-0.2, 0) is 0 Å². The Morgan fingerprint density at radius 3 is 2.39 bits per heavy atom. The lowest BCUT2D eigenvalue weighted by Gasteiger charge is -2.30. The van der Waals surface area contributed by atoms with Crippen LogP contribution in [-0.4, -0.2) is 40.3 Å². The number of hydrogen-bond donors (Lipinski definition) is 2. The average molecular weight is 252 g/mol. The zero-order valence-corrected chi connectivity index (χ0v) is 11.4. The van der Waals surface area contributed by atoms with E-state index in [-0.39, 0.29) is 6.03 Å². The molecule has 0 aromatic rings. The molecule has 0 bridgehead atoms. The lowest BCUT2D eigenvalue weighted by atomic mass is 10.1. The van der Waals surface area contributed by atoms with E-state index in [1.807, 2.05) is 4.90 Å².